The van der Waals surface area contributed by atoms with Gasteiger partial charge in [0.1, 0.15) is 5.82 Å². The van der Waals surface area contributed by atoms with Gasteiger partial charge in [-0.15, -0.1) is 0 Å². The van der Waals surface area contributed by atoms with Crippen LogP contribution in [0.15, 0.2) is 18.2 Å². The second-order valence-electron chi connectivity index (χ2n) is 4.93. The smallest absolute Gasteiger partial charge is 0.258 e. The number of benzene rings is 1. The third kappa shape index (κ3) is 3.45. The van der Waals surface area contributed by atoms with E-state index in [9.17, 15) is 9.18 Å². The predicted molar refractivity (Wildman–Crippen MR) is 74.0 cm³/mol. The Balaban J connectivity index is 2.06. The van der Waals surface area contributed by atoms with Crippen LogP contribution >= 0.6 is 11.6 Å². The van der Waals surface area contributed by atoms with Crippen molar-refractivity contribution in [1.82, 2.24) is 10.2 Å². The number of piperidine rings is 1. The summed E-state index contributed by atoms with van der Waals surface area (Å²) in [5.74, 6) is -0.934. The molecular weight excluding hydrogens is 267 g/mol. The summed E-state index contributed by atoms with van der Waals surface area (Å²) in [7, 11) is 1.68. The minimum absolute atomic E-state index is 0.0394. The molecule has 1 saturated heterocycles. The van der Waals surface area contributed by atoms with Crippen LogP contribution in [0, 0.1) is 5.82 Å². The van der Waals surface area contributed by atoms with E-state index in [0.717, 1.165) is 13.0 Å². The van der Waals surface area contributed by atoms with Gasteiger partial charge in [0.2, 0.25) is 0 Å². The highest BCUT2D eigenvalue weighted by Gasteiger charge is 2.22. The lowest BCUT2D eigenvalue weighted by Crippen LogP contribution is -2.44. The standard InChI is InChI=1S/C14H18ClFN2O/c1-18(9-10-5-2-3-8-17-10)14(19)13-11(15)6-4-7-12(13)16/h4,6-7,10,17H,2-3,5,8-9H2,1H3. The summed E-state index contributed by atoms with van der Waals surface area (Å²) in [4.78, 5) is 13.8. The van der Waals surface area contributed by atoms with Gasteiger partial charge < -0.3 is 10.2 Å². The van der Waals surface area contributed by atoms with Crippen LogP contribution in [0.2, 0.25) is 5.02 Å². The molecule has 0 aliphatic carbocycles. The van der Waals surface area contributed by atoms with E-state index < -0.39 is 5.82 Å². The number of nitrogens with one attached hydrogen (secondary N) is 1. The van der Waals surface area contributed by atoms with E-state index >= 15 is 0 Å². The molecule has 1 N–H and O–H groups in total. The first-order valence-corrected chi connectivity index (χ1v) is 6.90. The number of carbonyl (C=O) groups is 1. The van der Waals surface area contributed by atoms with Crippen LogP contribution in [0.4, 0.5) is 4.39 Å². The Labute approximate surface area is 117 Å². The largest absolute Gasteiger partial charge is 0.340 e. The van der Waals surface area contributed by atoms with Crippen molar-refractivity contribution < 1.29 is 9.18 Å². The normalized spacial score (nSPS) is 19.2. The molecule has 0 saturated carbocycles. The lowest BCUT2D eigenvalue weighted by Gasteiger charge is -2.28. The fraction of sp³-hybridized carbons (Fsp3) is 0.500. The Morgan fingerprint density at radius 2 is 2.32 bits per heavy atom. The van der Waals surface area contributed by atoms with Crippen molar-refractivity contribution in [1.29, 1.82) is 0 Å². The molecule has 0 aromatic heterocycles. The number of nitrogens with zero attached hydrogens (tertiary/aromatic N) is 1. The number of hydrogen-bond donors (Lipinski definition) is 1. The average molecular weight is 285 g/mol. The lowest BCUT2D eigenvalue weighted by molar-refractivity contribution is 0.0771. The molecule has 1 aliphatic rings. The molecule has 19 heavy (non-hydrogen) atoms. The lowest BCUT2D eigenvalue weighted by atomic mass is 10.0. The van der Waals surface area contributed by atoms with E-state index in [2.05, 4.69) is 5.32 Å². The maximum Gasteiger partial charge on any atom is 0.258 e. The molecule has 1 aromatic rings. The van der Waals surface area contributed by atoms with E-state index in [0.29, 0.717) is 6.54 Å². The zero-order valence-corrected chi connectivity index (χ0v) is 11.7. The molecule has 104 valence electrons. The molecule has 0 bridgehead atoms. The van der Waals surface area contributed by atoms with Gasteiger partial charge in [0.25, 0.3) is 5.91 Å². The van der Waals surface area contributed by atoms with Crippen LogP contribution in [-0.2, 0) is 0 Å². The van der Waals surface area contributed by atoms with E-state index in [1.54, 1.807) is 7.05 Å². The van der Waals surface area contributed by atoms with Crippen molar-refractivity contribution in [2.75, 3.05) is 20.1 Å². The summed E-state index contributed by atoms with van der Waals surface area (Å²) in [6.45, 7) is 1.55. The molecule has 1 amide bonds. The van der Waals surface area contributed by atoms with E-state index in [-0.39, 0.29) is 22.5 Å². The minimum atomic E-state index is -0.569. The zero-order valence-electron chi connectivity index (χ0n) is 11.0. The average Bonchev–Trinajstić information content (AvgIpc) is 2.39. The van der Waals surface area contributed by atoms with Crippen LogP contribution < -0.4 is 5.32 Å². The van der Waals surface area contributed by atoms with Crippen molar-refractivity contribution in [2.24, 2.45) is 0 Å². The Morgan fingerprint density at radius 3 is 2.95 bits per heavy atom. The van der Waals surface area contributed by atoms with Gasteiger partial charge in [-0.3, -0.25) is 4.79 Å². The maximum atomic E-state index is 13.7. The summed E-state index contributed by atoms with van der Waals surface area (Å²) in [5, 5.41) is 3.53. The van der Waals surface area contributed by atoms with Crippen molar-refractivity contribution in [3.63, 3.8) is 0 Å². The molecule has 0 spiro atoms. The third-order valence-corrected chi connectivity index (χ3v) is 3.74. The van der Waals surface area contributed by atoms with Crippen molar-refractivity contribution in [3.8, 4) is 0 Å². The monoisotopic (exact) mass is 284 g/mol. The van der Waals surface area contributed by atoms with Gasteiger partial charge in [-0.1, -0.05) is 24.1 Å². The molecule has 0 radical (unpaired) electrons. The van der Waals surface area contributed by atoms with E-state index in [1.165, 1.54) is 35.9 Å². The van der Waals surface area contributed by atoms with Crippen LogP contribution in [0.3, 0.4) is 0 Å². The van der Waals surface area contributed by atoms with E-state index in [4.69, 9.17) is 11.6 Å². The van der Waals surface area contributed by atoms with Crippen molar-refractivity contribution >= 4 is 17.5 Å². The summed E-state index contributed by atoms with van der Waals surface area (Å²) in [6.07, 6.45) is 3.38. The molecule has 1 fully saturated rings. The van der Waals surface area contributed by atoms with Gasteiger partial charge in [-0.05, 0) is 31.5 Å². The molecule has 1 heterocycles. The zero-order chi connectivity index (χ0) is 13.8. The molecule has 1 unspecified atom stereocenters. The Kier molecular flexibility index (Phi) is 4.77. The topological polar surface area (TPSA) is 32.3 Å². The summed E-state index contributed by atoms with van der Waals surface area (Å²) < 4.78 is 13.7. The highest BCUT2D eigenvalue weighted by Crippen LogP contribution is 2.20. The van der Waals surface area contributed by atoms with Crippen LogP contribution in [0.1, 0.15) is 29.6 Å². The third-order valence-electron chi connectivity index (χ3n) is 3.43. The molecule has 5 heteroatoms. The molecule has 3 nitrogen and oxygen atoms in total. The van der Waals surface area contributed by atoms with Gasteiger partial charge in [0, 0.05) is 19.6 Å². The number of carbonyl (C=O) groups excluding carboxylic acids is 1. The van der Waals surface area contributed by atoms with Crippen LogP contribution in [0.25, 0.3) is 0 Å². The molecule has 1 aromatic carbocycles. The second kappa shape index (κ2) is 6.35. The second-order valence-corrected chi connectivity index (χ2v) is 5.34. The first-order chi connectivity index (χ1) is 9.09. The Morgan fingerprint density at radius 1 is 1.53 bits per heavy atom. The Bertz CT molecular complexity index is 441. The van der Waals surface area contributed by atoms with Gasteiger partial charge >= 0.3 is 0 Å². The summed E-state index contributed by atoms with van der Waals surface area (Å²) in [6, 6.07) is 4.57. The quantitative estimate of drug-likeness (QED) is 0.926. The summed E-state index contributed by atoms with van der Waals surface area (Å²) in [5.41, 5.74) is -0.0394. The highest BCUT2D eigenvalue weighted by atomic mass is 35.5. The fourth-order valence-electron chi connectivity index (χ4n) is 2.39. The number of likely N-dealkylation sites (N-methyl/N-ethyl adjacent to an activating group) is 1. The number of halogens is 2. The SMILES string of the molecule is CN(CC1CCCCN1)C(=O)c1c(F)cccc1Cl. The predicted octanol–water partition coefficient (Wildman–Crippen LogP) is 2.69. The first-order valence-electron chi connectivity index (χ1n) is 6.52. The van der Waals surface area contributed by atoms with Crippen molar-refractivity contribution in [2.45, 2.75) is 25.3 Å². The molecule has 1 aliphatic heterocycles. The minimum Gasteiger partial charge on any atom is -0.340 e. The van der Waals surface area contributed by atoms with Crippen LogP contribution in [0.5, 0.6) is 0 Å². The van der Waals surface area contributed by atoms with Gasteiger partial charge in [-0.2, -0.15) is 0 Å². The molecular formula is C14H18ClFN2O. The maximum absolute atomic E-state index is 13.7. The van der Waals surface area contributed by atoms with Crippen LogP contribution in [-0.4, -0.2) is 37.0 Å². The van der Waals surface area contributed by atoms with E-state index in [1.807, 2.05) is 0 Å². The number of hydrogen-bond acceptors (Lipinski definition) is 2. The molecule has 1 atom stereocenters. The van der Waals surface area contributed by atoms with Crippen molar-refractivity contribution in [3.05, 3.63) is 34.6 Å². The van der Waals surface area contributed by atoms with Gasteiger partial charge in [-0.25, -0.2) is 4.39 Å². The fourth-order valence-corrected chi connectivity index (χ4v) is 2.63. The summed E-state index contributed by atoms with van der Waals surface area (Å²) >= 11 is 5.91. The number of rotatable bonds is 3. The highest BCUT2D eigenvalue weighted by molar-refractivity contribution is 6.33. The Hall–Kier alpha value is -1.13. The van der Waals surface area contributed by atoms with Gasteiger partial charge in [0.05, 0.1) is 10.6 Å². The first kappa shape index (κ1) is 14.3. The van der Waals surface area contributed by atoms with Gasteiger partial charge in [0.15, 0.2) is 0 Å². The number of amides is 1. The molecule has 2 rings (SSSR count).